The Morgan fingerprint density at radius 3 is 2.83 bits per heavy atom. The average molecular weight is 242 g/mol. The summed E-state index contributed by atoms with van der Waals surface area (Å²) in [7, 11) is 0. The van der Waals surface area contributed by atoms with Crippen molar-refractivity contribution >= 4 is 5.91 Å². The number of carbonyl (C=O) groups is 1. The van der Waals surface area contributed by atoms with Crippen molar-refractivity contribution in [3.63, 3.8) is 0 Å². The van der Waals surface area contributed by atoms with Crippen LogP contribution in [-0.4, -0.2) is 16.0 Å². The predicted octanol–water partition coefficient (Wildman–Crippen LogP) is 2.03. The minimum absolute atomic E-state index is 0.161. The fourth-order valence-corrected chi connectivity index (χ4v) is 1.67. The molecule has 0 saturated carbocycles. The van der Waals surface area contributed by atoms with Gasteiger partial charge in [0.2, 0.25) is 0 Å². The summed E-state index contributed by atoms with van der Waals surface area (Å²) in [6, 6.07) is 10.2. The third-order valence-corrected chi connectivity index (χ3v) is 2.61. The lowest BCUT2D eigenvalue weighted by molar-refractivity contribution is 0.0950. The monoisotopic (exact) mass is 242 g/mol. The Hall–Kier alpha value is -2.36. The minimum Gasteiger partial charge on any atom is -0.508 e. The van der Waals surface area contributed by atoms with Gasteiger partial charge >= 0.3 is 0 Å². The molecule has 2 rings (SSSR count). The quantitative estimate of drug-likeness (QED) is 0.865. The first-order valence-electron chi connectivity index (χ1n) is 5.64. The van der Waals surface area contributed by atoms with Gasteiger partial charge in [-0.1, -0.05) is 6.07 Å². The smallest absolute Gasteiger partial charge is 0.251 e. The van der Waals surface area contributed by atoms with E-state index in [2.05, 4.69) is 10.3 Å². The van der Waals surface area contributed by atoms with Crippen LogP contribution in [0.25, 0.3) is 0 Å². The molecule has 0 fully saturated rings. The van der Waals surface area contributed by atoms with E-state index in [4.69, 9.17) is 0 Å². The summed E-state index contributed by atoms with van der Waals surface area (Å²) >= 11 is 0. The first kappa shape index (κ1) is 12.1. The first-order chi connectivity index (χ1) is 8.66. The van der Waals surface area contributed by atoms with Gasteiger partial charge in [-0.3, -0.25) is 9.78 Å². The predicted molar refractivity (Wildman–Crippen MR) is 68.3 cm³/mol. The van der Waals surface area contributed by atoms with E-state index in [1.807, 2.05) is 18.2 Å². The third-order valence-electron chi connectivity index (χ3n) is 2.61. The SMILES string of the molecule is Cc1cc(O)ccc1C(=O)NCc1ccccn1. The number of benzene rings is 1. The normalized spacial score (nSPS) is 10.1. The van der Waals surface area contributed by atoms with Gasteiger partial charge in [0.15, 0.2) is 0 Å². The highest BCUT2D eigenvalue weighted by Crippen LogP contribution is 2.15. The summed E-state index contributed by atoms with van der Waals surface area (Å²) in [6.07, 6.45) is 1.69. The number of carbonyl (C=O) groups excluding carboxylic acids is 1. The Kier molecular flexibility index (Phi) is 3.57. The van der Waals surface area contributed by atoms with Crippen molar-refractivity contribution in [1.82, 2.24) is 10.3 Å². The molecule has 0 aliphatic carbocycles. The number of aryl methyl sites for hydroxylation is 1. The first-order valence-corrected chi connectivity index (χ1v) is 5.64. The molecule has 1 aromatic heterocycles. The van der Waals surface area contributed by atoms with E-state index in [0.29, 0.717) is 12.1 Å². The van der Waals surface area contributed by atoms with Crippen molar-refractivity contribution in [2.24, 2.45) is 0 Å². The summed E-state index contributed by atoms with van der Waals surface area (Å²) in [4.78, 5) is 16.1. The van der Waals surface area contributed by atoms with Gasteiger partial charge in [0, 0.05) is 11.8 Å². The molecule has 92 valence electrons. The number of nitrogens with zero attached hydrogens (tertiary/aromatic N) is 1. The van der Waals surface area contributed by atoms with Gasteiger partial charge < -0.3 is 10.4 Å². The van der Waals surface area contributed by atoms with E-state index in [1.165, 1.54) is 6.07 Å². The molecule has 0 saturated heterocycles. The molecular weight excluding hydrogens is 228 g/mol. The van der Waals surface area contributed by atoms with Crippen molar-refractivity contribution in [2.75, 3.05) is 0 Å². The lowest BCUT2D eigenvalue weighted by Crippen LogP contribution is -2.23. The zero-order valence-electron chi connectivity index (χ0n) is 10.1. The highest BCUT2D eigenvalue weighted by molar-refractivity contribution is 5.95. The van der Waals surface area contributed by atoms with Crippen LogP contribution in [0.4, 0.5) is 0 Å². The Balaban J connectivity index is 2.04. The number of amides is 1. The van der Waals surface area contributed by atoms with Crippen LogP contribution in [0.1, 0.15) is 21.6 Å². The maximum Gasteiger partial charge on any atom is 0.251 e. The zero-order valence-corrected chi connectivity index (χ0v) is 10.1. The van der Waals surface area contributed by atoms with E-state index in [0.717, 1.165) is 11.3 Å². The standard InChI is InChI=1S/C14H14N2O2/c1-10-8-12(17)5-6-13(10)14(18)16-9-11-4-2-3-7-15-11/h2-8,17H,9H2,1H3,(H,16,18). The molecule has 0 spiro atoms. The van der Waals surface area contributed by atoms with Gasteiger partial charge in [0.05, 0.1) is 12.2 Å². The number of phenolic OH excluding ortho intramolecular Hbond substituents is 1. The summed E-state index contributed by atoms with van der Waals surface area (Å²) in [5.41, 5.74) is 2.11. The van der Waals surface area contributed by atoms with Crippen molar-refractivity contribution in [3.05, 3.63) is 59.4 Å². The van der Waals surface area contributed by atoms with E-state index in [9.17, 15) is 9.90 Å². The van der Waals surface area contributed by atoms with Gasteiger partial charge in [-0.05, 0) is 42.8 Å². The highest BCUT2D eigenvalue weighted by Gasteiger charge is 2.09. The molecule has 0 bridgehead atoms. The molecule has 1 amide bonds. The van der Waals surface area contributed by atoms with Gasteiger partial charge in [0.1, 0.15) is 5.75 Å². The van der Waals surface area contributed by atoms with Crippen LogP contribution in [0.3, 0.4) is 0 Å². The van der Waals surface area contributed by atoms with Gasteiger partial charge in [0.25, 0.3) is 5.91 Å². The van der Waals surface area contributed by atoms with Gasteiger partial charge in [-0.2, -0.15) is 0 Å². The number of aromatic hydroxyl groups is 1. The van der Waals surface area contributed by atoms with Gasteiger partial charge in [-0.15, -0.1) is 0 Å². The minimum atomic E-state index is -0.168. The molecule has 0 unspecified atom stereocenters. The lowest BCUT2D eigenvalue weighted by Gasteiger charge is -2.07. The summed E-state index contributed by atoms with van der Waals surface area (Å²) < 4.78 is 0. The van der Waals surface area contributed by atoms with Crippen LogP contribution in [0.5, 0.6) is 5.75 Å². The molecule has 1 heterocycles. The maximum atomic E-state index is 11.9. The lowest BCUT2D eigenvalue weighted by atomic mass is 10.1. The Labute approximate surface area is 105 Å². The molecule has 1 aromatic carbocycles. The number of pyridine rings is 1. The maximum absolute atomic E-state index is 11.9. The van der Waals surface area contributed by atoms with Crippen LogP contribution in [-0.2, 0) is 6.54 Å². The second kappa shape index (κ2) is 5.31. The van der Waals surface area contributed by atoms with E-state index >= 15 is 0 Å². The zero-order chi connectivity index (χ0) is 13.0. The molecular formula is C14H14N2O2. The number of nitrogens with one attached hydrogen (secondary N) is 1. The summed E-state index contributed by atoms with van der Waals surface area (Å²) in [5.74, 6) is -0.00747. The summed E-state index contributed by atoms with van der Waals surface area (Å²) in [5, 5.41) is 12.1. The third kappa shape index (κ3) is 2.85. The van der Waals surface area contributed by atoms with Crippen LogP contribution in [0.15, 0.2) is 42.6 Å². The number of rotatable bonds is 3. The largest absolute Gasteiger partial charge is 0.508 e. The average Bonchev–Trinajstić information content (AvgIpc) is 2.37. The fourth-order valence-electron chi connectivity index (χ4n) is 1.67. The van der Waals surface area contributed by atoms with Crippen LogP contribution in [0, 0.1) is 6.92 Å². The molecule has 2 aromatic rings. The second-order valence-electron chi connectivity index (χ2n) is 4.00. The van der Waals surface area contributed by atoms with Crippen molar-refractivity contribution < 1.29 is 9.90 Å². The number of aromatic nitrogens is 1. The molecule has 0 aliphatic rings. The van der Waals surface area contributed by atoms with Crippen LogP contribution >= 0.6 is 0 Å². The Morgan fingerprint density at radius 1 is 1.33 bits per heavy atom. The Bertz CT molecular complexity index is 553. The van der Waals surface area contributed by atoms with Crippen molar-refractivity contribution in [2.45, 2.75) is 13.5 Å². The van der Waals surface area contributed by atoms with E-state index in [1.54, 1.807) is 25.3 Å². The van der Waals surface area contributed by atoms with E-state index < -0.39 is 0 Å². The van der Waals surface area contributed by atoms with Crippen LogP contribution < -0.4 is 5.32 Å². The number of hydrogen-bond acceptors (Lipinski definition) is 3. The van der Waals surface area contributed by atoms with Crippen molar-refractivity contribution in [3.8, 4) is 5.75 Å². The molecule has 2 N–H and O–H groups in total. The number of phenols is 1. The van der Waals surface area contributed by atoms with Crippen LogP contribution in [0.2, 0.25) is 0 Å². The molecule has 0 atom stereocenters. The van der Waals surface area contributed by atoms with Crippen molar-refractivity contribution in [1.29, 1.82) is 0 Å². The highest BCUT2D eigenvalue weighted by atomic mass is 16.3. The summed E-state index contributed by atoms with van der Waals surface area (Å²) in [6.45, 7) is 2.18. The second-order valence-corrected chi connectivity index (χ2v) is 4.00. The molecule has 0 aliphatic heterocycles. The topological polar surface area (TPSA) is 62.2 Å². The Morgan fingerprint density at radius 2 is 2.17 bits per heavy atom. The van der Waals surface area contributed by atoms with E-state index in [-0.39, 0.29) is 11.7 Å². The molecule has 4 nitrogen and oxygen atoms in total. The number of hydrogen-bond donors (Lipinski definition) is 2. The fraction of sp³-hybridized carbons (Fsp3) is 0.143. The van der Waals surface area contributed by atoms with Gasteiger partial charge in [-0.25, -0.2) is 0 Å². The molecule has 4 heteroatoms. The molecule has 18 heavy (non-hydrogen) atoms. The molecule has 0 radical (unpaired) electrons.